The van der Waals surface area contributed by atoms with Gasteiger partial charge in [-0.15, -0.1) is 0 Å². The predicted octanol–water partition coefficient (Wildman–Crippen LogP) is 0.111. The lowest BCUT2D eigenvalue weighted by molar-refractivity contribution is 0.455. The van der Waals surface area contributed by atoms with Crippen molar-refractivity contribution >= 4 is 0 Å². The molecule has 4 heteroatoms. The van der Waals surface area contributed by atoms with Crippen LogP contribution in [0.4, 0.5) is 0 Å². The fraction of sp³-hybridized carbons (Fsp3) is 0.571. The van der Waals surface area contributed by atoms with E-state index in [1.54, 1.807) is 6.20 Å². The lowest BCUT2D eigenvalue weighted by atomic mass is 10.3. The topological polar surface area (TPSA) is 64.1 Å². The van der Waals surface area contributed by atoms with Crippen molar-refractivity contribution in [2.45, 2.75) is 19.5 Å². The summed E-state index contributed by atoms with van der Waals surface area (Å²) in [7, 11) is 0. The molecular formula is C7H13N3O. The van der Waals surface area contributed by atoms with Crippen LogP contribution in [0.15, 0.2) is 17.0 Å². The lowest BCUT2D eigenvalue weighted by Crippen LogP contribution is -2.32. The molecule has 0 bridgehead atoms. The van der Waals surface area contributed by atoms with Crippen LogP contribution in [0.25, 0.3) is 0 Å². The summed E-state index contributed by atoms with van der Waals surface area (Å²) >= 11 is 0. The van der Waals surface area contributed by atoms with Gasteiger partial charge in [-0.05, 0) is 6.92 Å². The fourth-order valence-electron chi connectivity index (χ4n) is 0.688. The van der Waals surface area contributed by atoms with Gasteiger partial charge in [-0.2, -0.15) is 0 Å². The van der Waals surface area contributed by atoms with Crippen molar-refractivity contribution in [3.63, 3.8) is 0 Å². The highest BCUT2D eigenvalue weighted by atomic mass is 16.3. The van der Waals surface area contributed by atoms with Crippen LogP contribution in [-0.2, 0) is 6.54 Å². The van der Waals surface area contributed by atoms with E-state index in [-0.39, 0.29) is 0 Å². The smallest absolute Gasteiger partial charge is 0.180 e. The van der Waals surface area contributed by atoms with E-state index in [9.17, 15) is 0 Å². The van der Waals surface area contributed by atoms with E-state index in [0.717, 1.165) is 5.76 Å². The number of hydrogen-bond acceptors (Lipinski definition) is 4. The largest absolute Gasteiger partial charge is 0.447 e. The monoisotopic (exact) mass is 155 g/mol. The Balaban J connectivity index is 2.23. The first-order valence-electron chi connectivity index (χ1n) is 3.63. The molecule has 1 atom stereocenters. The number of nitrogens with zero attached hydrogens (tertiary/aromatic N) is 1. The third-order valence-corrected chi connectivity index (χ3v) is 1.46. The van der Waals surface area contributed by atoms with Crippen LogP contribution < -0.4 is 11.1 Å². The maximum atomic E-state index is 5.40. The van der Waals surface area contributed by atoms with Crippen molar-refractivity contribution < 1.29 is 4.42 Å². The molecule has 11 heavy (non-hydrogen) atoms. The van der Waals surface area contributed by atoms with Crippen LogP contribution in [0.2, 0.25) is 0 Å². The van der Waals surface area contributed by atoms with Crippen molar-refractivity contribution in [2.24, 2.45) is 5.73 Å². The molecule has 0 saturated heterocycles. The quantitative estimate of drug-likeness (QED) is 0.647. The third kappa shape index (κ3) is 2.69. The van der Waals surface area contributed by atoms with Gasteiger partial charge < -0.3 is 15.5 Å². The van der Waals surface area contributed by atoms with E-state index in [1.165, 1.54) is 6.39 Å². The molecule has 1 rings (SSSR count). The zero-order valence-corrected chi connectivity index (χ0v) is 6.58. The molecule has 0 saturated carbocycles. The third-order valence-electron chi connectivity index (χ3n) is 1.46. The number of hydrogen-bond donors (Lipinski definition) is 2. The second-order valence-corrected chi connectivity index (χ2v) is 2.49. The van der Waals surface area contributed by atoms with E-state index in [0.29, 0.717) is 19.1 Å². The van der Waals surface area contributed by atoms with Crippen LogP contribution in [0, 0.1) is 0 Å². The molecule has 3 N–H and O–H groups in total. The maximum absolute atomic E-state index is 5.40. The second kappa shape index (κ2) is 4.10. The molecule has 0 radical (unpaired) electrons. The number of rotatable bonds is 4. The fourth-order valence-corrected chi connectivity index (χ4v) is 0.688. The molecule has 62 valence electrons. The number of nitrogens with two attached hydrogens (primary N) is 1. The maximum Gasteiger partial charge on any atom is 0.180 e. The van der Waals surface area contributed by atoms with Crippen LogP contribution in [0.1, 0.15) is 12.7 Å². The molecular weight excluding hydrogens is 142 g/mol. The van der Waals surface area contributed by atoms with Crippen LogP contribution in [0.3, 0.4) is 0 Å². The zero-order valence-electron chi connectivity index (χ0n) is 6.58. The molecule has 0 aliphatic rings. The van der Waals surface area contributed by atoms with Gasteiger partial charge in [-0.3, -0.25) is 0 Å². The highest BCUT2D eigenvalue weighted by Crippen LogP contribution is 1.95. The average molecular weight is 155 g/mol. The van der Waals surface area contributed by atoms with Crippen molar-refractivity contribution in [3.8, 4) is 0 Å². The van der Waals surface area contributed by atoms with Crippen molar-refractivity contribution in [2.75, 3.05) is 6.54 Å². The van der Waals surface area contributed by atoms with Gasteiger partial charge in [0.2, 0.25) is 0 Å². The summed E-state index contributed by atoms with van der Waals surface area (Å²) in [6.07, 6.45) is 3.11. The summed E-state index contributed by atoms with van der Waals surface area (Å²) in [5.74, 6) is 0.838. The number of oxazole rings is 1. The standard InChI is InChI=1S/C7H13N3O/c1-6(2-8)10-4-7-3-9-5-11-7/h3,5-6,10H,2,4,8H2,1H3. The van der Waals surface area contributed by atoms with Crippen LogP contribution in [-0.4, -0.2) is 17.6 Å². The Morgan fingerprint density at radius 2 is 2.64 bits per heavy atom. The summed E-state index contributed by atoms with van der Waals surface area (Å²) in [6.45, 7) is 3.35. The van der Waals surface area contributed by atoms with Gasteiger partial charge >= 0.3 is 0 Å². The highest BCUT2D eigenvalue weighted by molar-refractivity contribution is 4.87. The minimum Gasteiger partial charge on any atom is -0.447 e. The van der Waals surface area contributed by atoms with E-state index in [4.69, 9.17) is 10.2 Å². The molecule has 1 aromatic rings. The Hall–Kier alpha value is -0.870. The molecule has 1 unspecified atom stereocenters. The molecule has 0 aliphatic carbocycles. The zero-order chi connectivity index (χ0) is 8.10. The predicted molar refractivity (Wildman–Crippen MR) is 41.9 cm³/mol. The van der Waals surface area contributed by atoms with Crippen molar-refractivity contribution in [3.05, 3.63) is 18.4 Å². The summed E-state index contributed by atoms with van der Waals surface area (Å²) in [4.78, 5) is 3.79. The Labute approximate surface area is 65.8 Å². The molecule has 1 heterocycles. The summed E-state index contributed by atoms with van der Waals surface area (Å²) in [5.41, 5.74) is 5.40. The molecule has 0 amide bonds. The van der Waals surface area contributed by atoms with E-state index >= 15 is 0 Å². The van der Waals surface area contributed by atoms with Crippen molar-refractivity contribution in [1.82, 2.24) is 10.3 Å². The van der Waals surface area contributed by atoms with Gasteiger partial charge in [0.15, 0.2) is 6.39 Å². The normalized spacial score (nSPS) is 13.3. The Morgan fingerprint density at radius 1 is 1.82 bits per heavy atom. The second-order valence-electron chi connectivity index (χ2n) is 2.49. The minimum absolute atomic E-state index is 0.320. The number of nitrogens with one attached hydrogen (secondary N) is 1. The SMILES string of the molecule is CC(CN)NCc1cnco1. The van der Waals surface area contributed by atoms with Crippen molar-refractivity contribution in [1.29, 1.82) is 0 Å². The van der Waals surface area contributed by atoms with Crippen LogP contribution in [0.5, 0.6) is 0 Å². The molecule has 0 spiro atoms. The van der Waals surface area contributed by atoms with Crippen LogP contribution >= 0.6 is 0 Å². The number of aromatic nitrogens is 1. The van der Waals surface area contributed by atoms with E-state index in [2.05, 4.69) is 10.3 Å². The van der Waals surface area contributed by atoms with Gasteiger partial charge in [-0.1, -0.05) is 0 Å². The Morgan fingerprint density at radius 3 is 3.18 bits per heavy atom. The van der Waals surface area contributed by atoms with Gasteiger partial charge in [0, 0.05) is 12.6 Å². The highest BCUT2D eigenvalue weighted by Gasteiger charge is 1.99. The molecule has 0 fully saturated rings. The van der Waals surface area contributed by atoms with Gasteiger partial charge in [0.05, 0.1) is 12.7 Å². The molecule has 1 aromatic heterocycles. The molecule has 0 aliphatic heterocycles. The molecule has 0 aromatic carbocycles. The van der Waals surface area contributed by atoms with E-state index in [1.807, 2.05) is 6.92 Å². The first-order chi connectivity index (χ1) is 5.33. The lowest BCUT2D eigenvalue weighted by Gasteiger charge is -2.08. The first kappa shape index (κ1) is 8.23. The first-order valence-corrected chi connectivity index (χ1v) is 3.63. The van der Waals surface area contributed by atoms with Gasteiger partial charge in [0.1, 0.15) is 5.76 Å². The molecule has 4 nitrogen and oxygen atoms in total. The summed E-state index contributed by atoms with van der Waals surface area (Å²) in [5, 5.41) is 3.18. The van der Waals surface area contributed by atoms with Gasteiger partial charge in [-0.25, -0.2) is 4.98 Å². The Kier molecular flexibility index (Phi) is 3.07. The Bertz CT molecular complexity index is 186. The summed E-state index contributed by atoms with van der Waals surface area (Å²) in [6, 6.07) is 0.320. The average Bonchev–Trinajstić information content (AvgIpc) is 2.52. The minimum atomic E-state index is 0.320. The summed E-state index contributed by atoms with van der Waals surface area (Å²) < 4.78 is 5.01. The van der Waals surface area contributed by atoms with E-state index < -0.39 is 0 Å². The van der Waals surface area contributed by atoms with Gasteiger partial charge in [0.25, 0.3) is 0 Å².